The van der Waals surface area contributed by atoms with Crippen LogP contribution in [0.15, 0.2) is 94.7 Å². The summed E-state index contributed by atoms with van der Waals surface area (Å²) in [6.45, 7) is 2.26. The Kier molecular flexibility index (Phi) is 6.36. The maximum atomic E-state index is 14.2. The van der Waals surface area contributed by atoms with Gasteiger partial charge in [-0.25, -0.2) is 4.39 Å². The molecule has 3 aromatic carbocycles. The highest BCUT2D eigenvalue weighted by molar-refractivity contribution is 7.99. The number of para-hydroxylation sites is 1. The topological polar surface area (TPSA) is 67.4 Å². The summed E-state index contributed by atoms with van der Waals surface area (Å²) in [5, 5.41) is 11.6. The van der Waals surface area contributed by atoms with Gasteiger partial charge in [0.15, 0.2) is 10.9 Å². The summed E-state index contributed by atoms with van der Waals surface area (Å²) < 4.78 is 21.8. The quantitative estimate of drug-likeness (QED) is 0.289. The number of hydrogen-bond acceptors (Lipinski definition) is 6. The van der Waals surface area contributed by atoms with E-state index in [1.807, 2.05) is 56.8 Å². The molecule has 1 amide bonds. The van der Waals surface area contributed by atoms with Gasteiger partial charge in [0.1, 0.15) is 5.82 Å². The molecule has 5 aromatic rings. The molecule has 3 heterocycles. The van der Waals surface area contributed by atoms with E-state index in [0.29, 0.717) is 48.6 Å². The van der Waals surface area contributed by atoms with Gasteiger partial charge in [-0.05, 0) is 35.7 Å². The normalized spacial score (nSPS) is 13.9. The molecule has 0 bridgehead atoms. The third kappa shape index (κ3) is 4.58. The molecule has 7 nitrogen and oxygen atoms in total. The number of furan rings is 1. The average Bonchev–Trinajstić information content (AvgIpc) is 3.62. The van der Waals surface area contributed by atoms with E-state index < -0.39 is 0 Å². The Morgan fingerprint density at radius 1 is 0.865 bits per heavy atom. The lowest BCUT2D eigenvalue weighted by molar-refractivity contribution is -0.128. The van der Waals surface area contributed by atoms with Crippen molar-refractivity contribution in [2.45, 2.75) is 5.16 Å². The number of benzene rings is 3. The van der Waals surface area contributed by atoms with Crippen molar-refractivity contribution in [1.82, 2.24) is 19.7 Å². The molecule has 0 N–H and O–H groups in total. The van der Waals surface area contributed by atoms with Crippen LogP contribution in [0.25, 0.3) is 28.0 Å². The standard InChI is InChI=1S/C28H24FN5O2S/c29-22-10-3-4-11-24(22)32-14-16-33(17-15-32)26(35)19-37-28-31-30-27(25-13-6-18-36-25)34(28)23-12-5-8-20-7-1-2-9-21(20)23/h1-13,18H,14-17,19H2. The van der Waals surface area contributed by atoms with Gasteiger partial charge in [-0.3, -0.25) is 9.36 Å². The van der Waals surface area contributed by atoms with E-state index in [1.165, 1.54) is 17.8 Å². The molecule has 9 heteroatoms. The summed E-state index contributed by atoms with van der Waals surface area (Å²) in [6.07, 6.45) is 1.61. The van der Waals surface area contributed by atoms with Crippen LogP contribution in [0.5, 0.6) is 0 Å². The Labute approximate surface area is 217 Å². The molecule has 0 atom stereocenters. The van der Waals surface area contributed by atoms with Gasteiger partial charge >= 0.3 is 0 Å². The van der Waals surface area contributed by atoms with Crippen LogP contribution in [0.4, 0.5) is 10.1 Å². The van der Waals surface area contributed by atoms with E-state index in [9.17, 15) is 9.18 Å². The Morgan fingerprint density at radius 3 is 2.43 bits per heavy atom. The summed E-state index contributed by atoms with van der Waals surface area (Å²) in [7, 11) is 0. The fraction of sp³-hybridized carbons (Fsp3) is 0.179. The van der Waals surface area contributed by atoms with Gasteiger partial charge in [-0.2, -0.15) is 0 Å². The maximum Gasteiger partial charge on any atom is 0.233 e. The van der Waals surface area contributed by atoms with Gasteiger partial charge in [0.2, 0.25) is 11.7 Å². The molecule has 37 heavy (non-hydrogen) atoms. The zero-order valence-electron chi connectivity index (χ0n) is 20.0. The number of thioether (sulfide) groups is 1. The molecule has 0 aliphatic carbocycles. The van der Waals surface area contributed by atoms with Crippen LogP contribution in [0.1, 0.15) is 0 Å². The first kappa shape index (κ1) is 23.3. The van der Waals surface area contributed by atoms with E-state index in [1.54, 1.807) is 18.4 Å². The second kappa shape index (κ2) is 10.1. The summed E-state index contributed by atoms with van der Waals surface area (Å²) >= 11 is 1.35. The van der Waals surface area contributed by atoms with Gasteiger partial charge < -0.3 is 14.2 Å². The summed E-state index contributed by atoms with van der Waals surface area (Å²) in [4.78, 5) is 16.9. The first-order valence-corrected chi connectivity index (χ1v) is 13.0. The lowest BCUT2D eigenvalue weighted by atomic mass is 10.1. The van der Waals surface area contributed by atoms with Crippen LogP contribution >= 0.6 is 11.8 Å². The third-order valence-corrected chi connectivity index (χ3v) is 7.45. The van der Waals surface area contributed by atoms with Crippen LogP contribution in [0.3, 0.4) is 0 Å². The Bertz CT molecular complexity index is 1540. The smallest absolute Gasteiger partial charge is 0.233 e. The monoisotopic (exact) mass is 513 g/mol. The molecule has 1 aliphatic heterocycles. The van der Waals surface area contributed by atoms with Crippen molar-refractivity contribution in [3.63, 3.8) is 0 Å². The molecule has 1 aliphatic rings. The number of aromatic nitrogens is 3. The van der Waals surface area contributed by atoms with E-state index >= 15 is 0 Å². The second-order valence-electron chi connectivity index (χ2n) is 8.73. The van der Waals surface area contributed by atoms with E-state index in [0.717, 1.165) is 16.5 Å². The van der Waals surface area contributed by atoms with Gasteiger partial charge in [-0.15, -0.1) is 10.2 Å². The van der Waals surface area contributed by atoms with Gasteiger partial charge in [0, 0.05) is 31.6 Å². The molecule has 1 saturated heterocycles. The number of anilines is 1. The lowest BCUT2D eigenvalue weighted by Gasteiger charge is -2.36. The molecule has 0 spiro atoms. The maximum absolute atomic E-state index is 14.2. The van der Waals surface area contributed by atoms with Crippen LogP contribution in [0, 0.1) is 5.82 Å². The predicted octanol–water partition coefficient (Wildman–Crippen LogP) is 5.26. The minimum absolute atomic E-state index is 0.0187. The largest absolute Gasteiger partial charge is 0.461 e. The first-order valence-electron chi connectivity index (χ1n) is 12.1. The molecule has 0 unspecified atom stereocenters. The van der Waals surface area contributed by atoms with Crippen LogP contribution in [0.2, 0.25) is 0 Å². The molecular formula is C28H24FN5O2S. The molecule has 186 valence electrons. The van der Waals surface area contributed by atoms with E-state index in [-0.39, 0.29) is 17.5 Å². The lowest BCUT2D eigenvalue weighted by Crippen LogP contribution is -2.49. The number of rotatable bonds is 6. The van der Waals surface area contributed by atoms with Crippen molar-refractivity contribution in [3.8, 4) is 17.3 Å². The minimum atomic E-state index is -0.238. The highest BCUT2D eigenvalue weighted by Crippen LogP contribution is 2.32. The molecule has 0 saturated carbocycles. The van der Waals surface area contributed by atoms with Gasteiger partial charge in [-0.1, -0.05) is 60.3 Å². The van der Waals surface area contributed by atoms with Crippen LogP contribution < -0.4 is 4.90 Å². The first-order chi connectivity index (χ1) is 18.2. The number of nitrogens with zero attached hydrogens (tertiary/aromatic N) is 5. The zero-order valence-corrected chi connectivity index (χ0v) is 20.8. The van der Waals surface area contributed by atoms with Crippen molar-refractivity contribution in [2.75, 3.05) is 36.8 Å². The number of piperazine rings is 1. The van der Waals surface area contributed by atoms with Gasteiger partial charge in [0.25, 0.3) is 0 Å². The third-order valence-electron chi connectivity index (χ3n) is 6.53. The highest BCUT2D eigenvalue weighted by atomic mass is 32.2. The Balaban J connectivity index is 1.22. The van der Waals surface area contributed by atoms with Crippen LogP contribution in [-0.2, 0) is 4.79 Å². The minimum Gasteiger partial charge on any atom is -0.461 e. The summed E-state index contributed by atoms with van der Waals surface area (Å²) in [5.41, 5.74) is 1.50. The number of carbonyl (C=O) groups is 1. The van der Waals surface area contributed by atoms with Crippen molar-refractivity contribution >= 4 is 34.1 Å². The fourth-order valence-corrected chi connectivity index (χ4v) is 5.52. The molecule has 2 aromatic heterocycles. The SMILES string of the molecule is O=C(CSc1nnc(-c2ccco2)n1-c1cccc2ccccc12)N1CCN(c2ccccc2F)CC1. The number of carbonyl (C=O) groups excluding carboxylic acids is 1. The summed E-state index contributed by atoms with van der Waals surface area (Å²) in [5.74, 6) is 1.18. The van der Waals surface area contributed by atoms with Gasteiger partial charge in [0.05, 0.1) is 23.4 Å². The molecular weight excluding hydrogens is 489 g/mol. The summed E-state index contributed by atoms with van der Waals surface area (Å²) in [6, 6.07) is 24.6. The van der Waals surface area contributed by atoms with Crippen LogP contribution in [-0.4, -0.2) is 57.5 Å². The number of halogens is 1. The molecule has 0 radical (unpaired) electrons. The zero-order chi connectivity index (χ0) is 25.2. The van der Waals surface area contributed by atoms with E-state index in [4.69, 9.17) is 4.42 Å². The number of amides is 1. The molecule has 6 rings (SSSR count). The fourth-order valence-electron chi connectivity index (χ4n) is 4.67. The Hall–Kier alpha value is -4.11. The average molecular weight is 514 g/mol. The van der Waals surface area contributed by atoms with Crippen molar-refractivity contribution < 1.29 is 13.6 Å². The van der Waals surface area contributed by atoms with Crippen molar-refractivity contribution in [2.24, 2.45) is 0 Å². The second-order valence-corrected chi connectivity index (χ2v) is 9.67. The van der Waals surface area contributed by atoms with Crippen molar-refractivity contribution in [1.29, 1.82) is 0 Å². The van der Waals surface area contributed by atoms with Crippen molar-refractivity contribution in [3.05, 3.63) is 90.9 Å². The highest BCUT2D eigenvalue weighted by Gasteiger charge is 2.25. The number of fused-ring (bicyclic) bond motifs is 1. The Morgan fingerprint density at radius 2 is 1.62 bits per heavy atom. The van der Waals surface area contributed by atoms with E-state index in [2.05, 4.69) is 28.4 Å². The molecule has 1 fully saturated rings. The predicted molar refractivity (Wildman–Crippen MR) is 142 cm³/mol. The number of hydrogen-bond donors (Lipinski definition) is 0.